The molecule has 1 saturated carbocycles. The Labute approximate surface area is 464 Å². The number of ether oxygens (including phenoxy) is 1. The number of pyridine rings is 1. The number of carboxylic acid groups (broad SMARTS) is 1. The molecule has 2 N–H and O–H groups in total. The second-order valence-electron chi connectivity index (χ2n) is 20.5. The molecule has 0 radical (unpaired) electrons. The minimum absolute atomic E-state index is 0.214. The maximum absolute atomic E-state index is 15.1. The first-order chi connectivity index (χ1) is 39.2. The number of rotatable bonds is 15. The zero-order chi connectivity index (χ0) is 56.2. The van der Waals surface area contributed by atoms with E-state index >= 15 is 4.39 Å². The number of para-hydroxylation sites is 1. The quantitative estimate of drug-likeness (QED) is 0.0195. The number of benzene rings is 9. The summed E-state index contributed by atoms with van der Waals surface area (Å²) < 4.78 is 83.3. The van der Waals surface area contributed by atoms with Gasteiger partial charge in [-0.15, -0.1) is 0 Å². The van der Waals surface area contributed by atoms with Gasteiger partial charge >= 0.3 is 27.3 Å². The number of carbonyl (C=O) groups excluding carboxylic acids is 1. The van der Waals surface area contributed by atoms with Crippen molar-refractivity contribution in [3.63, 3.8) is 0 Å². The second-order valence-corrected chi connectivity index (χ2v) is 22.0. The van der Waals surface area contributed by atoms with Crippen LogP contribution in [0.2, 0.25) is 0 Å². The smallest absolute Gasteiger partial charge is 0.403 e. The zero-order valence-electron chi connectivity index (χ0n) is 43.2. The van der Waals surface area contributed by atoms with Gasteiger partial charge < -0.3 is 14.7 Å². The van der Waals surface area contributed by atoms with Crippen molar-refractivity contribution in [2.45, 2.75) is 42.8 Å². The summed E-state index contributed by atoms with van der Waals surface area (Å²) in [4.78, 5) is 28.5. The lowest BCUT2D eigenvalue weighted by Crippen LogP contribution is -2.41. The van der Waals surface area contributed by atoms with Crippen molar-refractivity contribution in [3.05, 3.63) is 239 Å². The highest BCUT2D eigenvalue weighted by Crippen LogP contribution is 2.59. The fourth-order valence-corrected chi connectivity index (χ4v) is 12.7. The summed E-state index contributed by atoms with van der Waals surface area (Å²) >= 11 is 0. The summed E-state index contributed by atoms with van der Waals surface area (Å²) in [7, 11) is -6.24. The lowest BCUT2D eigenvalue weighted by Gasteiger charge is -2.28. The van der Waals surface area contributed by atoms with Gasteiger partial charge in [0.05, 0.1) is 5.39 Å². The van der Waals surface area contributed by atoms with E-state index in [0.717, 1.165) is 88.2 Å². The highest BCUT2D eigenvalue weighted by Gasteiger charge is 2.54. The minimum Gasteiger partial charge on any atom is -0.477 e. The third-order valence-electron chi connectivity index (χ3n) is 15.8. The minimum atomic E-state index is -6.24. The van der Waals surface area contributed by atoms with Gasteiger partial charge in [0.25, 0.3) is 0 Å². The summed E-state index contributed by atoms with van der Waals surface area (Å²) in [5.74, 6) is -3.45. The molecule has 81 heavy (non-hydrogen) atoms. The number of fused-ring (bicyclic) bond motifs is 4. The Morgan fingerprint density at radius 1 is 0.741 bits per heavy atom. The fraction of sp³-hybridized carbons (Fsp3) is 0.134. The molecule has 0 saturated heterocycles. The van der Waals surface area contributed by atoms with Gasteiger partial charge in [-0.05, 0) is 138 Å². The number of allylic oxidation sites excluding steroid dienone is 1. The van der Waals surface area contributed by atoms with Gasteiger partial charge in [-0.3, -0.25) is 4.55 Å². The maximum atomic E-state index is 15.1. The van der Waals surface area contributed by atoms with Crippen LogP contribution < -0.4 is 9.47 Å². The number of aliphatic carboxylic acids is 1. The molecule has 1 aliphatic carbocycles. The van der Waals surface area contributed by atoms with Crippen molar-refractivity contribution in [1.82, 2.24) is 0 Å². The van der Waals surface area contributed by atoms with Crippen LogP contribution in [0, 0.1) is 17.2 Å². The monoisotopic (exact) mass is 1100 g/mol. The van der Waals surface area contributed by atoms with Gasteiger partial charge in [-0.25, -0.2) is 14.0 Å². The molecule has 9 aromatic carbocycles. The van der Waals surface area contributed by atoms with Crippen LogP contribution in [0.25, 0.3) is 72.6 Å². The summed E-state index contributed by atoms with van der Waals surface area (Å²) in [6.45, 7) is -1.99. The standard InChI is InChI=1S/C67H48F3N3O7S/c68-60(67(69,70)81(77,78)79)40-80-66(76)56(38-71)64(52-30-26-48-24-23-46-14-9-15-47-25-29-51(52)63(48)62(46)47)53-31-33-59-65(53)55-37-41(18-22-45-34-35-72(39-61(74)75)57-17-8-7-16-50(45)57)21-32-58(55)73(59)49-27-19-42(20-28-49)36-54(43-10-3-1-4-11-43)44-12-5-2-6-13-44/h1-30,32,34-37,53,59-60,65H,31,33,39-40H2,(H-,74,75,77,78,79)/p+1/b64-56+. The molecular weight excluding hydrogens is 1050 g/mol. The molecule has 2 heterocycles. The van der Waals surface area contributed by atoms with E-state index in [1.54, 1.807) is 10.8 Å². The van der Waals surface area contributed by atoms with Crippen LogP contribution in [0.5, 0.6) is 0 Å². The Hall–Kier alpha value is -9.42. The number of aromatic nitrogens is 1. The van der Waals surface area contributed by atoms with Gasteiger partial charge in [0, 0.05) is 35.5 Å². The molecule has 14 heteroatoms. The van der Waals surface area contributed by atoms with E-state index in [1.165, 1.54) is 0 Å². The Morgan fingerprint density at radius 3 is 2.06 bits per heavy atom. The number of carboxylic acids is 1. The molecule has 4 atom stereocenters. The number of hydrogen-bond acceptors (Lipinski definition) is 7. The molecule has 12 rings (SSSR count). The molecule has 400 valence electrons. The zero-order valence-corrected chi connectivity index (χ0v) is 44.0. The van der Waals surface area contributed by atoms with Gasteiger partial charge in [-0.2, -0.15) is 27.0 Å². The third-order valence-corrected chi connectivity index (χ3v) is 16.8. The molecule has 0 amide bonds. The Kier molecular flexibility index (Phi) is 13.6. The van der Waals surface area contributed by atoms with Crippen molar-refractivity contribution in [3.8, 4) is 6.07 Å². The maximum Gasteiger partial charge on any atom is 0.403 e. The molecule has 10 aromatic rings. The number of carbonyl (C=O) groups is 2. The largest absolute Gasteiger partial charge is 0.477 e. The van der Waals surface area contributed by atoms with Gasteiger partial charge in [-0.1, -0.05) is 158 Å². The summed E-state index contributed by atoms with van der Waals surface area (Å²) in [6.07, 6.45) is 5.19. The molecule has 4 unspecified atom stereocenters. The van der Waals surface area contributed by atoms with Crippen LogP contribution in [0.3, 0.4) is 0 Å². The van der Waals surface area contributed by atoms with Gasteiger partial charge in [0.1, 0.15) is 18.2 Å². The summed E-state index contributed by atoms with van der Waals surface area (Å²) in [5, 5.41) is 21.7. The first kappa shape index (κ1) is 52.3. The Bertz CT molecular complexity index is 4330. The Balaban J connectivity index is 1.01. The highest BCUT2D eigenvalue weighted by molar-refractivity contribution is 7.86. The van der Waals surface area contributed by atoms with Crippen LogP contribution in [-0.4, -0.2) is 54.1 Å². The van der Waals surface area contributed by atoms with Crippen LogP contribution in [0.4, 0.5) is 24.5 Å². The van der Waals surface area contributed by atoms with E-state index in [4.69, 9.17) is 4.74 Å². The Morgan fingerprint density at radius 2 is 1.38 bits per heavy atom. The van der Waals surface area contributed by atoms with Crippen molar-refractivity contribution < 1.29 is 50.1 Å². The molecule has 0 bridgehead atoms. The average Bonchev–Trinajstić information content (AvgIpc) is 3.96. The number of nitriles is 1. The first-order valence-corrected chi connectivity index (χ1v) is 27.8. The van der Waals surface area contributed by atoms with Crippen LogP contribution in [0.15, 0.2) is 200 Å². The van der Waals surface area contributed by atoms with Crippen LogP contribution >= 0.6 is 0 Å². The van der Waals surface area contributed by atoms with Crippen molar-refractivity contribution in [1.29, 1.82) is 5.26 Å². The van der Waals surface area contributed by atoms with Crippen molar-refractivity contribution >= 4 is 106 Å². The fourth-order valence-electron chi connectivity index (χ4n) is 12.3. The molecule has 1 aliphatic heterocycles. The van der Waals surface area contributed by atoms with Crippen LogP contribution in [0.1, 0.15) is 57.7 Å². The number of halogens is 3. The third kappa shape index (κ3) is 9.54. The molecule has 2 aliphatic rings. The van der Waals surface area contributed by atoms with Crippen LogP contribution in [-0.2, 0) is 31.0 Å². The predicted octanol–water partition coefficient (Wildman–Crippen LogP) is 14.2. The van der Waals surface area contributed by atoms with Gasteiger partial charge in [0.2, 0.25) is 18.2 Å². The first-order valence-electron chi connectivity index (χ1n) is 26.3. The lowest BCUT2D eigenvalue weighted by molar-refractivity contribution is -0.660. The topological polar surface area (TPSA) is 149 Å². The van der Waals surface area contributed by atoms with E-state index in [1.807, 2.05) is 146 Å². The normalized spacial score (nSPS) is 16.8. The molecular formula is C67H49F3N3O7S+. The van der Waals surface area contributed by atoms with Crippen molar-refractivity contribution in [2.75, 3.05) is 11.5 Å². The number of esters is 1. The van der Waals surface area contributed by atoms with E-state index in [9.17, 15) is 41.7 Å². The molecule has 1 fully saturated rings. The number of nitrogens with zero attached hydrogens (tertiary/aromatic N) is 3. The number of hydrogen-bond donors (Lipinski definition) is 2. The van der Waals surface area contributed by atoms with E-state index in [-0.39, 0.29) is 18.2 Å². The molecule has 0 spiro atoms. The predicted molar refractivity (Wildman–Crippen MR) is 310 cm³/mol. The molecule has 1 aromatic heterocycles. The van der Waals surface area contributed by atoms with Gasteiger partial charge in [0.15, 0.2) is 6.20 Å². The van der Waals surface area contributed by atoms with E-state index < -0.39 is 57.5 Å². The van der Waals surface area contributed by atoms with Crippen molar-refractivity contribution in [2.24, 2.45) is 5.92 Å². The lowest BCUT2D eigenvalue weighted by atomic mass is 9.77. The highest BCUT2D eigenvalue weighted by atomic mass is 32.2. The number of anilines is 2. The molecule has 10 nitrogen and oxygen atoms in total. The van der Waals surface area contributed by atoms with E-state index in [2.05, 4.69) is 71.6 Å². The summed E-state index contributed by atoms with van der Waals surface area (Å²) in [5.41, 5.74) is 9.43. The summed E-state index contributed by atoms with van der Waals surface area (Å²) in [6, 6.07) is 63.6. The SMILES string of the molecule is N#C/C(C(=O)OCC(F)C(F)(F)S(=O)(=O)O)=C(/c1ccc2ccc3cccc4ccc1c2c34)C1CCC2C1c1cc(/C=C/c3cc[n+](CC(=O)O)c4ccccc34)ccc1N2c1ccc(C=C(c2ccccc2)c2ccccc2)cc1. The van der Waals surface area contributed by atoms with E-state index in [0.29, 0.717) is 23.8 Å². The number of alkyl halides is 3. The average molecular weight is 1100 g/mol. The second kappa shape index (κ2) is 21.0.